The molecule has 0 aliphatic rings. The third-order valence-corrected chi connectivity index (χ3v) is 2.77. The zero-order valence-corrected chi connectivity index (χ0v) is 12.2. The molecule has 0 aliphatic carbocycles. The molecule has 0 saturated carbocycles. The van der Waals surface area contributed by atoms with E-state index in [4.69, 9.17) is 0 Å². The van der Waals surface area contributed by atoms with Crippen molar-refractivity contribution in [1.29, 1.82) is 0 Å². The normalized spacial score (nSPS) is 14.0. The highest BCUT2D eigenvalue weighted by atomic mass is 19.4. The van der Waals surface area contributed by atoms with E-state index in [0.29, 0.717) is 5.56 Å². The van der Waals surface area contributed by atoms with E-state index in [1.165, 1.54) is 6.92 Å². The van der Waals surface area contributed by atoms with Crippen molar-refractivity contribution in [2.45, 2.75) is 32.2 Å². The molecule has 0 fully saturated rings. The van der Waals surface area contributed by atoms with E-state index in [1.54, 1.807) is 35.6 Å². The van der Waals surface area contributed by atoms with Crippen LogP contribution in [0.5, 0.6) is 0 Å². The first kappa shape index (κ1) is 18.0. The third-order valence-electron chi connectivity index (χ3n) is 2.77. The van der Waals surface area contributed by atoms with Gasteiger partial charge < -0.3 is 10.1 Å². The Balaban J connectivity index is 3.11. The lowest BCUT2D eigenvalue weighted by Gasteiger charge is -2.34. The molecule has 1 amide bonds. The lowest BCUT2D eigenvalue weighted by molar-refractivity contribution is -0.221. The van der Waals surface area contributed by atoms with Gasteiger partial charge in [0.15, 0.2) is 0 Å². The molecule has 122 valence electrons. The van der Waals surface area contributed by atoms with Gasteiger partial charge in [-0.25, -0.2) is 4.79 Å². The second-order valence-electron chi connectivity index (χ2n) is 4.49. The Morgan fingerprint density at radius 3 is 2.23 bits per heavy atom. The Kier molecular flexibility index (Phi) is 5.92. The lowest BCUT2D eigenvalue weighted by atomic mass is 10.1. The maximum absolute atomic E-state index is 13.4. The van der Waals surface area contributed by atoms with Crippen molar-refractivity contribution < 1.29 is 27.5 Å². The van der Waals surface area contributed by atoms with E-state index in [0.717, 1.165) is 6.92 Å². The van der Waals surface area contributed by atoms with E-state index in [9.17, 15) is 22.8 Å². The van der Waals surface area contributed by atoms with Gasteiger partial charge in [-0.15, -0.1) is 0 Å². The molecule has 0 unspecified atom stereocenters. The number of rotatable bonds is 6. The fourth-order valence-corrected chi connectivity index (χ4v) is 1.79. The number of hydrogen-bond acceptors (Lipinski definition) is 4. The summed E-state index contributed by atoms with van der Waals surface area (Å²) in [6.07, 6.45) is -5.07. The lowest BCUT2D eigenvalue weighted by Crippen LogP contribution is -2.72. The number of carbonyl (C=O) groups is 2. The van der Waals surface area contributed by atoms with Crippen molar-refractivity contribution >= 4 is 11.9 Å². The average Bonchev–Trinajstić information content (AvgIpc) is 2.43. The Morgan fingerprint density at radius 1 is 1.18 bits per heavy atom. The molecule has 1 atom stereocenters. The first-order valence-electron chi connectivity index (χ1n) is 6.54. The monoisotopic (exact) mass is 318 g/mol. The minimum absolute atomic E-state index is 0.247. The van der Waals surface area contributed by atoms with Crippen LogP contribution in [-0.4, -0.2) is 30.3 Å². The average molecular weight is 318 g/mol. The molecule has 1 aromatic carbocycles. The van der Waals surface area contributed by atoms with E-state index in [1.807, 2.05) is 0 Å². The van der Waals surface area contributed by atoms with E-state index < -0.39 is 23.7 Å². The Hall–Kier alpha value is -2.09. The summed E-state index contributed by atoms with van der Waals surface area (Å²) in [4.78, 5) is 23.0. The van der Waals surface area contributed by atoms with E-state index in [-0.39, 0.29) is 13.2 Å². The Bertz CT molecular complexity index is 520. The Labute approximate surface area is 125 Å². The highest BCUT2D eigenvalue weighted by molar-refractivity contribution is 5.87. The molecule has 0 spiro atoms. The Morgan fingerprint density at radius 2 is 1.77 bits per heavy atom. The van der Waals surface area contributed by atoms with Crippen LogP contribution in [0.1, 0.15) is 19.4 Å². The number of hydrogen-bond donors (Lipinski definition) is 2. The molecule has 1 aromatic rings. The molecule has 2 N–H and O–H groups in total. The van der Waals surface area contributed by atoms with Gasteiger partial charge in [-0.2, -0.15) is 13.2 Å². The fraction of sp³-hybridized carbons (Fsp3) is 0.429. The highest BCUT2D eigenvalue weighted by Gasteiger charge is 2.62. The molecule has 0 saturated heterocycles. The summed E-state index contributed by atoms with van der Waals surface area (Å²) in [7, 11) is 0. The maximum Gasteiger partial charge on any atom is 0.436 e. The summed E-state index contributed by atoms with van der Waals surface area (Å²) in [5, 5.41) is 3.71. The van der Waals surface area contributed by atoms with Gasteiger partial charge in [0.2, 0.25) is 5.91 Å². The van der Waals surface area contributed by atoms with Gasteiger partial charge in [0.05, 0.1) is 6.61 Å². The molecule has 0 bridgehead atoms. The van der Waals surface area contributed by atoms with Crippen LogP contribution in [0.25, 0.3) is 0 Å². The molecule has 22 heavy (non-hydrogen) atoms. The molecule has 1 rings (SSSR count). The molecule has 0 aromatic heterocycles. The molecule has 0 heterocycles. The predicted octanol–water partition coefficient (Wildman–Crippen LogP) is 1.73. The van der Waals surface area contributed by atoms with Gasteiger partial charge in [0.25, 0.3) is 5.66 Å². The summed E-state index contributed by atoms with van der Waals surface area (Å²) in [6.45, 7) is 1.75. The van der Waals surface area contributed by atoms with Crippen LogP contribution in [0.2, 0.25) is 0 Å². The zero-order valence-electron chi connectivity index (χ0n) is 12.2. The van der Waals surface area contributed by atoms with Crippen molar-refractivity contribution in [2.75, 3.05) is 6.61 Å². The first-order valence-corrected chi connectivity index (χ1v) is 6.54. The SMILES string of the molecule is CCOC(=O)[C@@](NCc1ccccc1)(NC(C)=O)C(F)(F)F. The standard InChI is InChI=1S/C14H17F3N2O3/c1-3-22-12(21)13(14(15,16)17,19-10(2)20)18-9-11-7-5-4-6-8-11/h4-8,18H,3,9H2,1-2H3,(H,19,20)/t13-/m1/s1. The molecule has 0 aliphatic heterocycles. The maximum atomic E-state index is 13.4. The van der Waals surface area contributed by atoms with Crippen molar-refractivity contribution in [2.24, 2.45) is 0 Å². The number of nitrogens with one attached hydrogen (secondary N) is 2. The minimum atomic E-state index is -5.07. The first-order chi connectivity index (χ1) is 10.2. The summed E-state index contributed by atoms with van der Waals surface area (Å²) in [6, 6.07) is 8.18. The number of alkyl halides is 3. The van der Waals surface area contributed by atoms with Crippen LogP contribution in [0.4, 0.5) is 13.2 Å². The van der Waals surface area contributed by atoms with Crippen molar-refractivity contribution in [3.05, 3.63) is 35.9 Å². The molecule has 0 radical (unpaired) electrons. The van der Waals surface area contributed by atoms with Gasteiger partial charge in [-0.1, -0.05) is 30.3 Å². The second-order valence-corrected chi connectivity index (χ2v) is 4.49. The molecule has 5 nitrogen and oxygen atoms in total. The smallest absolute Gasteiger partial charge is 0.436 e. The van der Waals surface area contributed by atoms with Crippen molar-refractivity contribution in [1.82, 2.24) is 10.6 Å². The number of halogens is 3. The topological polar surface area (TPSA) is 67.4 Å². The van der Waals surface area contributed by atoms with Crippen LogP contribution in [0, 0.1) is 0 Å². The van der Waals surface area contributed by atoms with Crippen molar-refractivity contribution in [3.63, 3.8) is 0 Å². The van der Waals surface area contributed by atoms with Gasteiger partial charge >= 0.3 is 12.1 Å². The third kappa shape index (κ3) is 4.20. The van der Waals surface area contributed by atoms with E-state index >= 15 is 0 Å². The van der Waals surface area contributed by atoms with Crippen LogP contribution < -0.4 is 10.6 Å². The van der Waals surface area contributed by atoms with Gasteiger partial charge in [0, 0.05) is 13.5 Å². The number of ether oxygens (including phenoxy) is 1. The van der Waals surface area contributed by atoms with Gasteiger partial charge in [-0.05, 0) is 12.5 Å². The highest BCUT2D eigenvalue weighted by Crippen LogP contribution is 2.30. The number of benzene rings is 1. The number of esters is 1. The van der Waals surface area contributed by atoms with Gasteiger partial charge in [-0.3, -0.25) is 10.1 Å². The quantitative estimate of drug-likeness (QED) is 0.619. The summed E-state index contributed by atoms with van der Waals surface area (Å²) in [5.41, 5.74) is -2.77. The molecular weight excluding hydrogens is 301 g/mol. The van der Waals surface area contributed by atoms with Crippen molar-refractivity contribution in [3.8, 4) is 0 Å². The van der Waals surface area contributed by atoms with Crippen LogP contribution in [0.15, 0.2) is 30.3 Å². The molecular formula is C14H17F3N2O3. The van der Waals surface area contributed by atoms with Crippen LogP contribution in [-0.2, 0) is 20.9 Å². The second kappa shape index (κ2) is 7.26. The number of amides is 1. The molecule has 8 heteroatoms. The van der Waals surface area contributed by atoms with E-state index in [2.05, 4.69) is 10.1 Å². The van der Waals surface area contributed by atoms with Crippen LogP contribution in [0.3, 0.4) is 0 Å². The zero-order chi connectivity index (χ0) is 16.8. The summed E-state index contributed by atoms with van der Waals surface area (Å²) in [5.74, 6) is -2.61. The largest absolute Gasteiger partial charge is 0.463 e. The summed E-state index contributed by atoms with van der Waals surface area (Å²) < 4.78 is 44.8. The summed E-state index contributed by atoms with van der Waals surface area (Å²) >= 11 is 0. The van der Waals surface area contributed by atoms with Crippen LogP contribution >= 0.6 is 0 Å². The fourth-order valence-electron chi connectivity index (χ4n) is 1.79. The number of carbonyl (C=O) groups excluding carboxylic acids is 2. The minimum Gasteiger partial charge on any atom is -0.463 e. The predicted molar refractivity (Wildman–Crippen MR) is 72.5 cm³/mol. The van der Waals surface area contributed by atoms with Gasteiger partial charge in [0.1, 0.15) is 0 Å².